The topological polar surface area (TPSA) is 6.48 Å². The maximum Gasteiger partial charge on any atom is 0.0816 e. The van der Waals surface area contributed by atoms with Crippen molar-refractivity contribution in [3.63, 3.8) is 0 Å². The van der Waals surface area contributed by atoms with Gasteiger partial charge in [0.15, 0.2) is 0 Å². The zero-order valence-electron chi connectivity index (χ0n) is 15.0. The van der Waals surface area contributed by atoms with Crippen LogP contribution >= 0.6 is 11.8 Å². The van der Waals surface area contributed by atoms with E-state index in [1.807, 2.05) is 17.8 Å². The van der Waals surface area contributed by atoms with Crippen molar-refractivity contribution in [1.82, 2.24) is 9.80 Å². The molecule has 4 rings (SSSR count). The molecule has 2 nitrogen and oxygen atoms in total. The number of fused-ring (bicyclic) bond motifs is 1. The average Bonchev–Trinajstić information content (AvgIpc) is 3.07. The van der Waals surface area contributed by atoms with Crippen LogP contribution in [0.15, 0.2) is 82.4 Å². The third kappa shape index (κ3) is 4.04. The van der Waals surface area contributed by atoms with Gasteiger partial charge in [-0.05, 0) is 23.6 Å². The minimum Gasteiger partial charge on any atom is -0.327 e. The summed E-state index contributed by atoms with van der Waals surface area (Å²) in [7, 11) is 0. The van der Waals surface area contributed by atoms with Crippen LogP contribution in [-0.2, 0) is 13.0 Å². The fourth-order valence-electron chi connectivity index (χ4n) is 3.33. The SMILES string of the molecule is CC1=C2SC(C#CCc3ccccc3)=CN2CN(Cc2ccccc2)C1. The van der Waals surface area contributed by atoms with E-state index >= 15 is 0 Å². The molecule has 0 saturated carbocycles. The third-order valence-corrected chi connectivity index (χ3v) is 5.72. The molecule has 26 heavy (non-hydrogen) atoms. The van der Waals surface area contributed by atoms with Crippen LogP contribution in [0.5, 0.6) is 0 Å². The lowest BCUT2D eigenvalue weighted by atomic mass is 10.2. The summed E-state index contributed by atoms with van der Waals surface area (Å²) < 4.78 is 0. The molecule has 0 radical (unpaired) electrons. The van der Waals surface area contributed by atoms with Crippen molar-refractivity contribution in [2.24, 2.45) is 0 Å². The monoisotopic (exact) mass is 358 g/mol. The molecular weight excluding hydrogens is 336 g/mol. The number of hydrogen-bond acceptors (Lipinski definition) is 3. The molecule has 0 spiro atoms. The van der Waals surface area contributed by atoms with Crippen LogP contribution in [0.1, 0.15) is 18.1 Å². The maximum absolute atomic E-state index is 3.35. The summed E-state index contributed by atoms with van der Waals surface area (Å²) in [6.45, 7) is 5.17. The fraction of sp³-hybridized carbons (Fsp3) is 0.217. The highest BCUT2D eigenvalue weighted by atomic mass is 32.2. The predicted molar refractivity (Wildman–Crippen MR) is 110 cm³/mol. The van der Waals surface area contributed by atoms with Gasteiger partial charge in [0.25, 0.3) is 0 Å². The van der Waals surface area contributed by atoms with Crippen molar-refractivity contribution in [2.45, 2.75) is 19.9 Å². The van der Waals surface area contributed by atoms with Crippen LogP contribution < -0.4 is 0 Å². The lowest BCUT2D eigenvalue weighted by Crippen LogP contribution is -2.38. The van der Waals surface area contributed by atoms with Gasteiger partial charge in [0.2, 0.25) is 0 Å². The van der Waals surface area contributed by atoms with Gasteiger partial charge in [-0.1, -0.05) is 84.3 Å². The number of nitrogens with zero attached hydrogens (tertiary/aromatic N) is 2. The Morgan fingerprint density at radius 3 is 2.38 bits per heavy atom. The molecule has 2 aliphatic heterocycles. The molecule has 0 atom stereocenters. The van der Waals surface area contributed by atoms with E-state index in [9.17, 15) is 0 Å². The number of allylic oxidation sites excluding steroid dienone is 1. The van der Waals surface area contributed by atoms with Gasteiger partial charge in [0, 0.05) is 25.7 Å². The molecule has 0 aromatic heterocycles. The standard InChI is InChI=1S/C23H22N2S/c1-19-15-24(16-21-11-6-3-7-12-21)18-25-17-22(26-23(19)25)14-8-13-20-9-4-2-5-10-20/h2-7,9-12,17H,13,15-16,18H2,1H3. The first kappa shape index (κ1) is 17.0. The van der Waals surface area contributed by atoms with E-state index in [4.69, 9.17) is 0 Å². The van der Waals surface area contributed by atoms with Crippen molar-refractivity contribution in [1.29, 1.82) is 0 Å². The average molecular weight is 359 g/mol. The third-order valence-electron chi connectivity index (χ3n) is 4.51. The number of benzene rings is 2. The molecule has 2 aromatic rings. The fourth-order valence-corrected chi connectivity index (χ4v) is 4.31. The molecule has 0 aliphatic carbocycles. The van der Waals surface area contributed by atoms with E-state index in [1.54, 1.807) is 0 Å². The summed E-state index contributed by atoms with van der Waals surface area (Å²) in [5.41, 5.74) is 4.06. The van der Waals surface area contributed by atoms with Gasteiger partial charge in [-0.2, -0.15) is 0 Å². The molecule has 0 bridgehead atoms. The van der Waals surface area contributed by atoms with Crippen LogP contribution in [0.2, 0.25) is 0 Å². The molecule has 3 heteroatoms. The van der Waals surface area contributed by atoms with Crippen molar-refractivity contribution < 1.29 is 0 Å². The Bertz CT molecular complexity index is 888. The molecule has 0 saturated heterocycles. The molecular formula is C23H22N2S. The summed E-state index contributed by atoms with van der Waals surface area (Å²) in [5, 5.41) is 1.36. The Morgan fingerprint density at radius 1 is 0.962 bits per heavy atom. The van der Waals surface area contributed by atoms with Crippen LogP contribution in [0.3, 0.4) is 0 Å². The van der Waals surface area contributed by atoms with Gasteiger partial charge in [0.05, 0.1) is 16.6 Å². The molecule has 2 aliphatic rings. The van der Waals surface area contributed by atoms with E-state index in [0.717, 1.165) is 31.1 Å². The number of thioether (sulfide) groups is 1. The van der Waals surface area contributed by atoms with Crippen molar-refractivity contribution >= 4 is 11.8 Å². The highest BCUT2D eigenvalue weighted by Gasteiger charge is 2.27. The van der Waals surface area contributed by atoms with E-state index in [0.29, 0.717) is 0 Å². The molecule has 0 N–H and O–H groups in total. The predicted octanol–water partition coefficient (Wildman–Crippen LogP) is 4.83. The molecule has 2 aromatic carbocycles. The Labute approximate surface area is 160 Å². The highest BCUT2D eigenvalue weighted by molar-refractivity contribution is 8.07. The zero-order valence-corrected chi connectivity index (χ0v) is 15.8. The van der Waals surface area contributed by atoms with Gasteiger partial charge in [-0.3, -0.25) is 4.90 Å². The summed E-state index contributed by atoms with van der Waals surface area (Å²) in [6, 6.07) is 21.1. The van der Waals surface area contributed by atoms with Crippen molar-refractivity contribution in [2.75, 3.05) is 13.2 Å². The number of hydrogen-bond donors (Lipinski definition) is 0. The van der Waals surface area contributed by atoms with Crippen LogP contribution in [0.4, 0.5) is 0 Å². The largest absolute Gasteiger partial charge is 0.327 e. The molecule has 0 unspecified atom stereocenters. The Morgan fingerprint density at radius 2 is 1.65 bits per heavy atom. The first-order chi connectivity index (χ1) is 12.8. The summed E-state index contributed by atoms with van der Waals surface area (Å²) in [5.74, 6) is 6.67. The molecule has 0 amide bonds. The van der Waals surface area contributed by atoms with Gasteiger partial charge in [-0.15, -0.1) is 0 Å². The van der Waals surface area contributed by atoms with Gasteiger partial charge in [0.1, 0.15) is 0 Å². The zero-order chi connectivity index (χ0) is 17.8. The normalized spacial score (nSPS) is 16.8. The highest BCUT2D eigenvalue weighted by Crippen LogP contribution is 2.40. The Kier molecular flexibility index (Phi) is 5.15. The minimum absolute atomic E-state index is 0.802. The molecule has 0 fully saturated rings. The van der Waals surface area contributed by atoms with Crippen molar-refractivity contribution in [3.8, 4) is 11.8 Å². The van der Waals surface area contributed by atoms with Crippen LogP contribution in [0.25, 0.3) is 0 Å². The molecule has 2 heterocycles. The second kappa shape index (κ2) is 7.86. The number of rotatable bonds is 3. The second-order valence-electron chi connectivity index (χ2n) is 6.73. The summed E-state index contributed by atoms with van der Waals surface area (Å²) in [4.78, 5) is 5.97. The maximum atomic E-state index is 3.35. The summed E-state index contributed by atoms with van der Waals surface area (Å²) in [6.07, 6.45) is 3.01. The van der Waals surface area contributed by atoms with Gasteiger partial charge >= 0.3 is 0 Å². The lowest BCUT2D eigenvalue weighted by molar-refractivity contribution is 0.189. The van der Waals surface area contributed by atoms with E-state index in [-0.39, 0.29) is 0 Å². The van der Waals surface area contributed by atoms with E-state index in [2.05, 4.69) is 89.4 Å². The van der Waals surface area contributed by atoms with E-state index in [1.165, 1.54) is 21.7 Å². The van der Waals surface area contributed by atoms with E-state index < -0.39 is 0 Å². The van der Waals surface area contributed by atoms with Crippen LogP contribution in [-0.4, -0.2) is 23.0 Å². The lowest BCUT2D eigenvalue weighted by Gasteiger charge is -2.34. The summed E-state index contributed by atoms with van der Waals surface area (Å²) >= 11 is 1.81. The van der Waals surface area contributed by atoms with Crippen LogP contribution in [0, 0.1) is 11.8 Å². The smallest absolute Gasteiger partial charge is 0.0816 e. The van der Waals surface area contributed by atoms with Gasteiger partial charge in [-0.25, -0.2) is 0 Å². The molecule has 130 valence electrons. The van der Waals surface area contributed by atoms with Gasteiger partial charge < -0.3 is 4.90 Å². The Hall–Kier alpha value is -2.41. The quantitative estimate of drug-likeness (QED) is 0.726. The Balaban J connectivity index is 1.42. The first-order valence-corrected chi connectivity index (χ1v) is 9.75. The van der Waals surface area contributed by atoms with Crippen molar-refractivity contribution in [3.05, 3.63) is 93.5 Å². The second-order valence-corrected chi connectivity index (χ2v) is 7.76. The first-order valence-electron chi connectivity index (χ1n) is 8.93. The minimum atomic E-state index is 0.802.